The van der Waals surface area contributed by atoms with Crippen molar-refractivity contribution in [2.45, 2.75) is 16.7 Å². The molecule has 0 aliphatic carbocycles. The van der Waals surface area contributed by atoms with Gasteiger partial charge in [0.1, 0.15) is 16.5 Å². The lowest BCUT2D eigenvalue weighted by Gasteiger charge is -2.34. The molecule has 2 N–H and O–H groups in total. The molecule has 9 nitrogen and oxygen atoms in total. The van der Waals surface area contributed by atoms with Crippen LogP contribution in [0.4, 0.5) is 11.8 Å². The number of nitrogens with two attached hydrogens (primary N) is 1. The molecule has 0 spiro atoms. The Hall–Kier alpha value is -2.88. The maximum absolute atomic E-state index is 12.8. The van der Waals surface area contributed by atoms with Crippen molar-refractivity contribution < 1.29 is 17.9 Å². The molecule has 0 radical (unpaired) electrons. The van der Waals surface area contributed by atoms with Crippen molar-refractivity contribution in [3.63, 3.8) is 0 Å². The third kappa shape index (κ3) is 3.80. The molecule has 2 heterocycles. The van der Waals surface area contributed by atoms with Gasteiger partial charge in [-0.15, -0.1) is 0 Å². The number of aromatic nitrogens is 2. The molecule has 10 heteroatoms. The van der Waals surface area contributed by atoms with E-state index < -0.39 is 9.84 Å². The Morgan fingerprint density at radius 2 is 1.78 bits per heavy atom. The minimum absolute atomic E-state index is 0.0241. The minimum Gasteiger partial charge on any atom is -0.497 e. The fourth-order valence-electron chi connectivity index (χ4n) is 2.84. The first-order valence-corrected chi connectivity index (χ1v) is 9.83. The zero-order valence-corrected chi connectivity index (χ0v) is 15.9. The summed E-state index contributed by atoms with van der Waals surface area (Å²) >= 11 is 0. The van der Waals surface area contributed by atoms with Crippen molar-refractivity contribution in [1.82, 2.24) is 14.9 Å². The number of carbonyl (C=O) groups excluding carboxylic acids is 1. The molecule has 3 rings (SSSR count). The maximum atomic E-state index is 12.8. The number of methoxy groups -OCH3 is 1. The topological polar surface area (TPSA) is 119 Å². The summed E-state index contributed by atoms with van der Waals surface area (Å²) < 4.78 is 30.6. The quantitative estimate of drug-likeness (QED) is 0.803. The molecule has 144 valence electrons. The summed E-state index contributed by atoms with van der Waals surface area (Å²) in [6.45, 7) is 3.77. The molecule has 1 aliphatic heterocycles. The number of amides is 1. The highest BCUT2D eigenvalue weighted by atomic mass is 32.2. The van der Waals surface area contributed by atoms with Crippen LogP contribution in [0.2, 0.25) is 0 Å². The van der Waals surface area contributed by atoms with Crippen LogP contribution in [-0.4, -0.2) is 62.5 Å². The number of sulfone groups is 1. The average Bonchev–Trinajstić information content (AvgIpc) is 2.67. The Morgan fingerprint density at radius 3 is 2.30 bits per heavy atom. The molecule has 0 saturated carbocycles. The molecular weight excluding hydrogens is 370 g/mol. The van der Waals surface area contributed by atoms with Crippen molar-refractivity contribution in [3.8, 4) is 5.75 Å². The maximum Gasteiger partial charge on any atom is 0.227 e. The van der Waals surface area contributed by atoms with Gasteiger partial charge in [-0.3, -0.25) is 4.79 Å². The van der Waals surface area contributed by atoms with Crippen LogP contribution >= 0.6 is 0 Å². The van der Waals surface area contributed by atoms with Gasteiger partial charge in [-0.25, -0.2) is 13.4 Å². The summed E-state index contributed by atoms with van der Waals surface area (Å²) in [7, 11) is -2.33. The van der Waals surface area contributed by atoms with Gasteiger partial charge >= 0.3 is 0 Å². The summed E-state index contributed by atoms with van der Waals surface area (Å²) in [5, 5.41) is 0. The van der Waals surface area contributed by atoms with E-state index in [2.05, 4.69) is 9.97 Å². The first kappa shape index (κ1) is 18.9. The molecular formula is C17H21N5O4S. The summed E-state index contributed by atoms with van der Waals surface area (Å²) in [4.78, 5) is 23.3. The number of nitrogen functional groups attached to an aromatic ring is 1. The number of hydrogen-bond donors (Lipinski definition) is 1. The van der Waals surface area contributed by atoms with E-state index in [-0.39, 0.29) is 21.5 Å². The lowest BCUT2D eigenvalue weighted by atomic mass is 10.3. The fraction of sp³-hybridized carbons (Fsp3) is 0.353. The highest BCUT2D eigenvalue weighted by Gasteiger charge is 2.25. The Labute approximate surface area is 157 Å². The number of anilines is 2. The van der Waals surface area contributed by atoms with Crippen LogP contribution in [0.15, 0.2) is 40.3 Å². The second kappa shape index (κ2) is 7.39. The Kier molecular flexibility index (Phi) is 5.17. The largest absolute Gasteiger partial charge is 0.497 e. The molecule has 1 amide bonds. The van der Waals surface area contributed by atoms with E-state index in [1.165, 1.54) is 32.4 Å². The number of rotatable bonds is 4. The van der Waals surface area contributed by atoms with Gasteiger partial charge < -0.3 is 20.3 Å². The zero-order valence-electron chi connectivity index (χ0n) is 15.1. The van der Waals surface area contributed by atoms with Gasteiger partial charge in [0, 0.05) is 33.1 Å². The lowest BCUT2D eigenvalue weighted by molar-refractivity contribution is -0.129. The van der Waals surface area contributed by atoms with Crippen molar-refractivity contribution in [1.29, 1.82) is 0 Å². The molecule has 1 saturated heterocycles. The van der Waals surface area contributed by atoms with Crippen molar-refractivity contribution in [3.05, 3.63) is 30.5 Å². The number of nitrogens with zero attached hydrogens (tertiary/aromatic N) is 4. The molecule has 0 atom stereocenters. The van der Waals surface area contributed by atoms with Gasteiger partial charge in [-0.2, -0.15) is 4.98 Å². The molecule has 2 aromatic rings. The van der Waals surface area contributed by atoms with Gasteiger partial charge in [0.2, 0.25) is 21.7 Å². The standard InChI is InChI=1S/C17H21N5O4S/c1-12(23)21-7-9-22(10-8-21)17-19-11-15(16(18)20-17)27(24,25)14-5-3-13(26-2)4-6-14/h3-6,11H,7-10H2,1-2H3,(H2,18,19,20). The van der Waals surface area contributed by atoms with E-state index in [9.17, 15) is 13.2 Å². The number of carbonyl (C=O) groups is 1. The number of ether oxygens (including phenoxy) is 1. The summed E-state index contributed by atoms with van der Waals surface area (Å²) in [6, 6.07) is 6.02. The van der Waals surface area contributed by atoms with E-state index in [1.54, 1.807) is 17.0 Å². The molecule has 27 heavy (non-hydrogen) atoms. The number of piperazine rings is 1. The third-order valence-electron chi connectivity index (χ3n) is 4.44. The normalized spacial score (nSPS) is 14.9. The van der Waals surface area contributed by atoms with E-state index >= 15 is 0 Å². The predicted molar refractivity (Wildman–Crippen MR) is 99.4 cm³/mol. The smallest absolute Gasteiger partial charge is 0.227 e. The van der Waals surface area contributed by atoms with Crippen LogP contribution in [0.1, 0.15) is 6.92 Å². The van der Waals surface area contributed by atoms with Crippen LogP contribution in [0.5, 0.6) is 5.75 Å². The number of hydrogen-bond acceptors (Lipinski definition) is 8. The van der Waals surface area contributed by atoms with Crippen LogP contribution in [0.25, 0.3) is 0 Å². The van der Waals surface area contributed by atoms with E-state index in [0.29, 0.717) is 37.9 Å². The van der Waals surface area contributed by atoms with Crippen LogP contribution in [-0.2, 0) is 14.6 Å². The minimum atomic E-state index is -3.84. The van der Waals surface area contributed by atoms with Crippen LogP contribution in [0.3, 0.4) is 0 Å². The van der Waals surface area contributed by atoms with Gasteiger partial charge in [0.15, 0.2) is 0 Å². The monoisotopic (exact) mass is 391 g/mol. The van der Waals surface area contributed by atoms with Gasteiger partial charge in [-0.1, -0.05) is 0 Å². The van der Waals surface area contributed by atoms with E-state index in [0.717, 1.165) is 0 Å². The molecule has 1 fully saturated rings. The Balaban J connectivity index is 1.83. The van der Waals surface area contributed by atoms with Crippen LogP contribution in [0, 0.1) is 0 Å². The molecule has 1 aromatic carbocycles. The van der Waals surface area contributed by atoms with Crippen molar-refractivity contribution >= 4 is 27.5 Å². The third-order valence-corrected chi connectivity index (χ3v) is 6.22. The Morgan fingerprint density at radius 1 is 1.15 bits per heavy atom. The summed E-state index contributed by atoms with van der Waals surface area (Å²) in [5.41, 5.74) is 5.94. The molecule has 0 bridgehead atoms. The molecule has 1 aliphatic rings. The lowest BCUT2D eigenvalue weighted by Crippen LogP contribution is -2.48. The molecule has 1 aromatic heterocycles. The highest BCUT2D eigenvalue weighted by Crippen LogP contribution is 2.27. The van der Waals surface area contributed by atoms with Gasteiger partial charge in [0.25, 0.3) is 0 Å². The summed E-state index contributed by atoms with van der Waals surface area (Å²) in [6.07, 6.45) is 1.23. The first-order valence-electron chi connectivity index (χ1n) is 8.35. The molecule has 0 unspecified atom stereocenters. The first-order chi connectivity index (χ1) is 12.8. The van der Waals surface area contributed by atoms with Crippen molar-refractivity contribution in [2.75, 3.05) is 43.9 Å². The van der Waals surface area contributed by atoms with Gasteiger partial charge in [-0.05, 0) is 24.3 Å². The van der Waals surface area contributed by atoms with E-state index in [4.69, 9.17) is 10.5 Å². The predicted octanol–water partition coefficient (Wildman–Crippen LogP) is 0.569. The highest BCUT2D eigenvalue weighted by molar-refractivity contribution is 7.91. The second-order valence-corrected chi connectivity index (χ2v) is 8.01. The van der Waals surface area contributed by atoms with Gasteiger partial charge in [0.05, 0.1) is 18.2 Å². The zero-order chi connectivity index (χ0) is 19.6. The fourth-order valence-corrected chi connectivity index (χ4v) is 4.10. The van der Waals surface area contributed by atoms with E-state index in [1.807, 2.05) is 4.90 Å². The average molecular weight is 391 g/mol. The summed E-state index contributed by atoms with van der Waals surface area (Å²) in [5.74, 6) is 0.823. The number of benzene rings is 1. The Bertz CT molecular complexity index is 938. The second-order valence-electron chi connectivity index (χ2n) is 6.09. The van der Waals surface area contributed by atoms with Crippen LogP contribution < -0.4 is 15.4 Å². The SMILES string of the molecule is COc1ccc(S(=O)(=O)c2cnc(N3CCN(C(C)=O)CC3)nc2N)cc1. The van der Waals surface area contributed by atoms with Crippen molar-refractivity contribution in [2.24, 2.45) is 0 Å².